The number of hydrogen-bond donors (Lipinski definition) is 2. The predicted octanol–water partition coefficient (Wildman–Crippen LogP) is 4.66. The zero-order chi connectivity index (χ0) is 41.8. The van der Waals surface area contributed by atoms with Crippen LogP contribution in [0.25, 0.3) is 0 Å². The van der Waals surface area contributed by atoms with E-state index in [1.165, 1.54) is 0 Å². The third kappa shape index (κ3) is 7.51. The van der Waals surface area contributed by atoms with Crippen LogP contribution in [0.15, 0.2) is 54.7 Å². The Morgan fingerprint density at radius 2 is 1.61 bits per heavy atom. The van der Waals surface area contributed by atoms with Crippen LogP contribution >= 0.6 is 11.6 Å². The van der Waals surface area contributed by atoms with Crippen molar-refractivity contribution < 1.29 is 28.7 Å². The van der Waals surface area contributed by atoms with Crippen LogP contribution in [0.1, 0.15) is 90.0 Å². The highest BCUT2D eigenvalue weighted by Gasteiger charge is 2.64. The van der Waals surface area contributed by atoms with Crippen LogP contribution in [0.4, 0.5) is 11.5 Å². The Kier molecular flexibility index (Phi) is 10.6. The van der Waals surface area contributed by atoms with E-state index in [1.807, 2.05) is 18.2 Å². The monoisotopic (exact) mass is 820 g/mol. The van der Waals surface area contributed by atoms with E-state index in [2.05, 4.69) is 59.1 Å². The number of halogens is 1. The first-order chi connectivity index (χ1) is 28.1. The lowest BCUT2D eigenvalue weighted by Crippen LogP contribution is -2.74. The molecule has 3 aromatic rings. The molecule has 0 bridgehead atoms. The number of piperidine rings is 2. The number of hydrogen-bond acceptors (Lipinski definition) is 11. The molecule has 1 atom stereocenters. The van der Waals surface area contributed by atoms with Gasteiger partial charge in [-0.1, -0.05) is 39.3 Å². The average Bonchev–Trinajstić information content (AvgIpc) is 3.47. The minimum Gasteiger partial charge on any atom is -0.489 e. The first-order valence-electron chi connectivity index (χ1n) is 20.4. The van der Waals surface area contributed by atoms with Gasteiger partial charge in [0, 0.05) is 87.1 Å². The number of nitrogens with one attached hydrogen (secondary N) is 2. The molecule has 3 saturated heterocycles. The summed E-state index contributed by atoms with van der Waals surface area (Å²) in [5.74, 6) is -0.162. The summed E-state index contributed by atoms with van der Waals surface area (Å²) in [5.41, 5.74) is 1.62. The van der Waals surface area contributed by atoms with Gasteiger partial charge in [-0.15, -0.1) is 0 Å². The minimum atomic E-state index is -0.978. The summed E-state index contributed by atoms with van der Waals surface area (Å²) < 4.78 is 6.37. The maximum Gasteiger partial charge on any atom is 0.262 e. The van der Waals surface area contributed by atoms with Crippen molar-refractivity contribution in [3.8, 4) is 11.8 Å². The number of pyridine rings is 1. The van der Waals surface area contributed by atoms with Gasteiger partial charge < -0.3 is 19.9 Å². The largest absolute Gasteiger partial charge is 0.489 e. The molecule has 14 nitrogen and oxygen atoms in total. The predicted molar refractivity (Wildman–Crippen MR) is 220 cm³/mol. The van der Waals surface area contributed by atoms with Gasteiger partial charge in [-0.05, 0) is 67.6 Å². The summed E-state index contributed by atoms with van der Waals surface area (Å²) >= 11 is 6.25. The van der Waals surface area contributed by atoms with E-state index < -0.39 is 29.7 Å². The van der Waals surface area contributed by atoms with Gasteiger partial charge in [-0.25, -0.2) is 4.98 Å². The number of carbonyl (C=O) groups excluding carboxylic acids is 5. The third-order valence-corrected chi connectivity index (χ3v) is 13.4. The maximum atomic E-state index is 13.5. The number of imide groups is 2. The molecule has 0 radical (unpaired) electrons. The van der Waals surface area contributed by atoms with Crippen molar-refractivity contribution in [1.29, 1.82) is 5.26 Å². The van der Waals surface area contributed by atoms with Crippen LogP contribution in [0, 0.1) is 28.1 Å². The molecule has 0 spiro atoms. The van der Waals surface area contributed by atoms with Crippen LogP contribution in [-0.4, -0.2) is 108 Å². The van der Waals surface area contributed by atoms with Crippen molar-refractivity contribution in [2.24, 2.45) is 16.7 Å². The number of benzene rings is 2. The Hall–Kier alpha value is -5.52. The molecule has 308 valence electrons. The van der Waals surface area contributed by atoms with Crippen LogP contribution in [0.3, 0.4) is 0 Å². The Morgan fingerprint density at radius 1 is 0.898 bits per heavy atom. The van der Waals surface area contributed by atoms with Crippen molar-refractivity contribution in [2.75, 3.05) is 55.6 Å². The first kappa shape index (κ1) is 40.3. The summed E-state index contributed by atoms with van der Waals surface area (Å²) in [4.78, 5) is 76.7. The van der Waals surface area contributed by atoms with Gasteiger partial charge in [0.2, 0.25) is 11.8 Å². The topological polar surface area (TPSA) is 168 Å². The first-order valence-corrected chi connectivity index (χ1v) is 20.7. The fraction of sp³-hybridized carbons (Fsp3) is 0.477. The number of fused-ring (bicyclic) bond motifs is 1. The molecule has 59 heavy (non-hydrogen) atoms. The zero-order valence-corrected chi connectivity index (χ0v) is 34.6. The Bertz CT molecular complexity index is 2220. The van der Waals surface area contributed by atoms with Gasteiger partial charge in [0.05, 0.1) is 27.3 Å². The Balaban J connectivity index is 0.789. The number of rotatable bonds is 9. The minimum absolute atomic E-state index is 0.0874. The number of amides is 5. The maximum absolute atomic E-state index is 13.5. The fourth-order valence-corrected chi connectivity index (χ4v) is 10.3. The molecule has 1 aliphatic carbocycles. The number of nitriles is 1. The van der Waals surface area contributed by atoms with E-state index in [0.717, 1.165) is 75.1 Å². The van der Waals surface area contributed by atoms with Crippen LogP contribution in [0.2, 0.25) is 5.02 Å². The van der Waals surface area contributed by atoms with E-state index in [4.69, 9.17) is 21.3 Å². The second kappa shape index (κ2) is 15.6. The molecule has 2 aromatic carbocycles. The lowest BCUT2D eigenvalue weighted by Gasteiger charge is -2.63. The number of anilines is 2. The van der Waals surface area contributed by atoms with E-state index in [9.17, 15) is 29.2 Å². The SMILES string of the molecule is CC1(C)C(NC(=O)c2ccc(N3CCC(CN4CCN(c5ccc6c(c5)C(=O)N(C5CCC(=O)NC5=O)C6=O)CC4)CC3)nc2)C(C)(C)C1Oc1ccc(C#N)c(Cl)c1. The van der Waals surface area contributed by atoms with E-state index in [1.54, 1.807) is 36.5 Å². The molecule has 1 unspecified atom stereocenters. The molecule has 2 N–H and O–H groups in total. The summed E-state index contributed by atoms with van der Waals surface area (Å²) in [6.45, 7) is 14.4. The van der Waals surface area contributed by atoms with Gasteiger partial charge >= 0.3 is 0 Å². The summed E-state index contributed by atoms with van der Waals surface area (Å²) in [6, 6.07) is 15.1. The lowest BCUT2D eigenvalue weighted by atomic mass is 9.49. The molecule has 5 heterocycles. The molecule has 4 aliphatic heterocycles. The Labute approximate surface area is 348 Å². The van der Waals surface area contributed by atoms with Gasteiger partial charge in [0.25, 0.3) is 17.7 Å². The second-order valence-corrected chi connectivity index (χ2v) is 18.0. The molecule has 15 heteroatoms. The van der Waals surface area contributed by atoms with Crippen LogP contribution < -0.4 is 25.2 Å². The van der Waals surface area contributed by atoms with Crippen molar-refractivity contribution in [3.05, 3.63) is 82.0 Å². The standard InChI is InChI=1S/C44H49ClN8O6/c1-43(2)41(44(3,4)42(43)59-30-8-5-27(23-46)33(45)22-30)49-37(55)28-6-11-35(47-24-28)52-15-13-26(14-16-52)25-50-17-19-51(20-18-50)29-7-9-31-32(21-29)40(58)53(39(31)57)34-10-12-36(54)48-38(34)56/h5-9,11,21-22,24,26,34,41-42H,10,12-20,25H2,1-4H3,(H,49,55)(H,48,54,56). The number of nitrogens with zero attached hydrogens (tertiary/aromatic N) is 6. The molecule has 5 aliphatic rings. The number of piperazine rings is 1. The second-order valence-electron chi connectivity index (χ2n) is 17.6. The smallest absolute Gasteiger partial charge is 0.262 e. The highest BCUT2D eigenvalue weighted by Crippen LogP contribution is 2.55. The zero-order valence-electron chi connectivity index (χ0n) is 33.8. The van der Waals surface area contributed by atoms with Crippen molar-refractivity contribution in [1.82, 2.24) is 25.4 Å². The third-order valence-electron chi connectivity index (χ3n) is 13.1. The number of carbonyl (C=O) groups is 5. The fourth-order valence-electron chi connectivity index (χ4n) is 10.1. The van der Waals surface area contributed by atoms with E-state index in [-0.39, 0.29) is 47.3 Å². The van der Waals surface area contributed by atoms with Crippen molar-refractivity contribution >= 4 is 52.6 Å². The molecule has 8 rings (SSSR count). The molecule has 1 aromatic heterocycles. The number of aromatic nitrogens is 1. The molecule has 4 fully saturated rings. The average molecular weight is 821 g/mol. The van der Waals surface area contributed by atoms with Gasteiger partial charge in [-0.3, -0.25) is 39.1 Å². The highest BCUT2D eigenvalue weighted by atomic mass is 35.5. The molecule has 5 amide bonds. The van der Waals surface area contributed by atoms with E-state index in [0.29, 0.717) is 33.4 Å². The van der Waals surface area contributed by atoms with Gasteiger partial charge in [0.1, 0.15) is 29.8 Å². The van der Waals surface area contributed by atoms with Gasteiger partial charge in [0.15, 0.2) is 0 Å². The van der Waals surface area contributed by atoms with Gasteiger partial charge in [-0.2, -0.15) is 5.26 Å². The quantitative estimate of drug-likeness (QED) is 0.288. The summed E-state index contributed by atoms with van der Waals surface area (Å²) in [7, 11) is 0. The van der Waals surface area contributed by atoms with Crippen molar-refractivity contribution in [2.45, 2.75) is 71.6 Å². The molecular weight excluding hydrogens is 772 g/mol. The van der Waals surface area contributed by atoms with Crippen molar-refractivity contribution in [3.63, 3.8) is 0 Å². The lowest BCUT2D eigenvalue weighted by molar-refractivity contribution is -0.164. The summed E-state index contributed by atoms with van der Waals surface area (Å²) in [6.07, 6.45) is 3.76. The van der Waals surface area contributed by atoms with E-state index >= 15 is 0 Å². The molecular formula is C44H49ClN8O6. The Morgan fingerprint density at radius 3 is 2.25 bits per heavy atom. The normalized spacial score (nSPS) is 24.3. The summed E-state index contributed by atoms with van der Waals surface area (Å²) in [5, 5.41) is 15.0. The van der Waals surface area contributed by atoms with Crippen LogP contribution in [0.5, 0.6) is 5.75 Å². The molecule has 1 saturated carbocycles. The number of ether oxygens (including phenoxy) is 1. The highest BCUT2D eigenvalue weighted by molar-refractivity contribution is 6.31. The van der Waals surface area contributed by atoms with Crippen LogP contribution in [-0.2, 0) is 9.59 Å².